The molecule has 0 aliphatic heterocycles. The number of rotatable bonds is 0. The largest absolute Gasteiger partial charge is 0.460 e. The van der Waals surface area contributed by atoms with E-state index in [-0.39, 0.29) is 5.41 Å². The Bertz CT molecular complexity index is 458. The maximum atomic E-state index is 5.86. The third-order valence-corrected chi connectivity index (χ3v) is 2.52. The third-order valence-electron chi connectivity index (χ3n) is 2.52. The zero-order valence-corrected chi connectivity index (χ0v) is 9.22. The lowest BCUT2D eigenvalue weighted by molar-refractivity contribution is 0.426. The standard InChI is InChI=1S/C13H16O/c1-9-10-7-5-6-8-11(10)14-12(9)13(2,3)4/h5-8H,1-4H3. The van der Waals surface area contributed by atoms with Crippen molar-refractivity contribution in [1.82, 2.24) is 0 Å². The number of fused-ring (bicyclic) bond motifs is 1. The van der Waals surface area contributed by atoms with Gasteiger partial charge in [0.1, 0.15) is 11.3 Å². The van der Waals surface area contributed by atoms with Gasteiger partial charge in [0, 0.05) is 10.8 Å². The number of aryl methyl sites for hydroxylation is 1. The number of para-hydroxylation sites is 1. The molecule has 0 radical (unpaired) electrons. The maximum Gasteiger partial charge on any atom is 0.134 e. The molecule has 0 saturated heterocycles. The summed E-state index contributed by atoms with van der Waals surface area (Å²) in [6.45, 7) is 8.67. The van der Waals surface area contributed by atoms with Gasteiger partial charge in [0.2, 0.25) is 0 Å². The Morgan fingerprint density at radius 2 is 1.71 bits per heavy atom. The Morgan fingerprint density at radius 1 is 1.07 bits per heavy atom. The van der Waals surface area contributed by atoms with Gasteiger partial charge in [-0.05, 0) is 18.6 Å². The molecule has 0 bridgehead atoms. The molecule has 0 spiro atoms. The first-order valence-electron chi connectivity index (χ1n) is 4.99. The summed E-state index contributed by atoms with van der Waals surface area (Å²) in [4.78, 5) is 0. The number of hydrogen-bond donors (Lipinski definition) is 0. The molecule has 0 saturated carbocycles. The lowest BCUT2D eigenvalue weighted by Gasteiger charge is -2.15. The van der Waals surface area contributed by atoms with Crippen LogP contribution in [0.1, 0.15) is 32.1 Å². The highest BCUT2D eigenvalue weighted by Gasteiger charge is 2.22. The lowest BCUT2D eigenvalue weighted by Crippen LogP contribution is -2.10. The van der Waals surface area contributed by atoms with Gasteiger partial charge in [-0.25, -0.2) is 0 Å². The molecular weight excluding hydrogens is 172 g/mol. The number of furan rings is 1. The van der Waals surface area contributed by atoms with Crippen LogP contribution in [0.4, 0.5) is 0 Å². The minimum Gasteiger partial charge on any atom is -0.460 e. The Morgan fingerprint density at radius 3 is 2.29 bits per heavy atom. The zero-order valence-electron chi connectivity index (χ0n) is 9.22. The van der Waals surface area contributed by atoms with Crippen LogP contribution in [0.25, 0.3) is 11.0 Å². The summed E-state index contributed by atoms with van der Waals surface area (Å²) in [5.41, 5.74) is 2.35. The van der Waals surface area contributed by atoms with Crippen molar-refractivity contribution in [3.63, 3.8) is 0 Å². The summed E-state index contributed by atoms with van der Waals surface area (Å²) in [6, 6.07) is 8.20. The summed E-state index contributed by atoms with van der Waals surface area (Å²) in [5.74, 6) is 1.10. The van der Waals surface area contributed by atoms with Crippen molar-refractivity contribution in [2.24, 2.45) is 0 Å². The molecule has 1 aromatic carbocycles. The molecule has 1 heteroatoms. The summed E-state index contributed by atoms with van der Waals surface area (Å²) in [6.07, 6.45) is 0. The molecule has 0 N–H and O–H groups in total. The highest BCUT2D eigenvalue weighted by Crippen LogP contribution is 2.33. The van der Waals surface area contributed by atoms with E-state index in [4.69, 9.17) is 4.42 Å². The first-order chi connectivity index (χ1) is 6.50. The first-order valence-corrected chi connectivity index (χ1v) is 4.99. The second kappa shape index (κ2) is 2.88. The SMILES string of the molecule is Cc1c(C(C)(C)C)oc2ccccc12. The predicted octanol–water partition coefficient (Wildman–Crippen LogP) is 4.04. The highest BCUT2D eigenvalue weighted by molar-refractivity contribution is 5.82. The van der Waals surface area contributed by atoms with Crippen molar-refractivity contribution in [1.29, 1.82) is 0 Å². The van der Waals surface area contributed by atoms with Gasteiger partial charge in [-0.2, -0.15) is 0 Å². The average Bonchev–Trinajstić information content (AvgIpc) is 2.44. The van der Waals surface area contributed by atoms with Gasteiger partial charge < -0.3 is 4.42 Å². The molecule has 0 fully saturated rings. The van der Waals surface area contributed by atoms with Crippen LogP contribution >= 0.6 is 0 Å². The van der Waals surface area contributed by atoms with Crippen molar-refractivity contribution in [3.05, 3.63) is 35.6 Å². The van der Waals surface area contributed by atoms with Crippen LogP contribution in [-0.4, -0.2) is 0 Å². The van der Waals surface area contributed by atoms with Crippen LogP contribution in [0.3, 0.4) is 0 Å². The van der Waals surface area contributed by atoms with Crippen molar-refractivity contribution in [2.45, 2.75) is 33.1 Å². The Hall–Kier alpha value is -1.24. The van der Waals surface area contributed by atoms with E-state index in [1.54, 1.807) is 0 Å². The van der Waals surface area contributed by atoms with Gasteiger partial charge >= 0.3 is 0 Å². The van der Waals surface area contributed by atoms with Crippen LogP contribution in [0.15, 0.2) is 28.7 Å². The van der Waals surface area contributed by atoms with Gasteiger partial charge in [0.25, 0.3) is 0 Å². The minimum absolute atomic E-state index is 0.0864. The zero-order chi connectivity index (χ0) is 10.3. The number of benzene rings is 1. The van der Waals surface area contributed by atoms with Gasteiger partial charge in [-0.15, -0.1) is 0 Å². The normalized spacial score (nSPS) is 12.3. The molecule has 0 unspecified atom stereocenters. The van der Waals surface area contributed by atoms with Gasteiger partial charge in [0.05, 0.1) is 0 Å². The van der Waals surface area contributed by atoms with Crippen molar-refractivity contribution >= 4 is 11.0 Å². The van der Waals surface area contributed by atoms with Gasteiger partial charge in [-0.1, -0.05) is 39.0 Å². The van der Waals surface area contributed by atoms with E-state index in [0.717, 1.165) is 11.3 Å². The van der Waals surface area contributed by atoms with E-state index in [1.165, 1.54) is 10.9 Å². The van der Waals surface area contributed by atoms with Crippen LogP contribution in [0.5, 0.6) is 0 Å². The van der Waals surface area contributed by atoms with E-state index in [1.807, 2.05) is 12.1 Å². The first kappa shape index (κ1) is 9.32. The van der Waals surface area contributed by atoms with Crippen molar-refractivity contribution in [2.75, 3.05) is 0 Å². The molecule has 1 heterocycles. The van der Waals surface area contributed by atoms with Crippen LogP contribution in [0, 0.1) is 6.92 Å². The fourth-order valence-corrected chi connectivity index (χ4v) is 1.89. The smallest absolute Gasteiger partial charge is 0.134 e. The molecule has 14 heavy (non-hydrogen) atoms. The fraction of sp³-hybridized carbons (Fsp3) is 0.385. The minimum atomic E-state index is 0.0864. The Kier molecular flexibility index (Phi) is 1.91. The van der Waals surface area contributed by atoms with Crippen LogP contribution < -0.4 is 0 Å². The topological polar surface area (TPSA) is 13.1 Å². The Labute approximate surface area is 84.7 Å². The van der Waals surface area contributed by atoms with Gasteiger partial charge in [-0.3, -0.25) is 0 Å². The van der Waals surface area contributed by atoms with Gasteiger partial charge in [0.15, 0.2) is 0 Å². The van der Waals surface area contributed by atoms with Crippen LogP contribution in [0.2, 0.25) is 0 Å². The molecule has 0 aliphatic rings. The third kappa shape index (κ3) is 1.33. The molecule has 0 atom stereocenters. The monoisotopic (exact) mass is 188 g/mol. The molecule has 2 rings (SSSR count). The van der Waals surface area contributed by atoms with E-state index < -0.39 is 0 Å². The molecule has 1 aromatic heterocycles. The number of hydrogen-bond acceptors (Lipinski definition) is 1. The summed E-state index contributed by atoms with van der Waals surface area (Å²) in [5, 5.41) is 1.23. The molecule has 74 valence electrons. The lowest BCUT2D eigenvalue weighted by atomic mass is 9.90. The predicted molar refractivity (Wildman–Crippen MR) is 59.7 cm³/mol. The fourth-order valence-electron chi connectivity index (χ4n) is 1.89. The van der Waals surface area contributed by atoms with E-state index >= 15 is 0 Å². The van der Waals surface area contributed by atoms with Crippen molar-refractivity contribution < 1.29 is 4.42 Å². The quantitative estimate of drug-likeness (QED) is 0.608. The second-order valence-electron chi connectivity index (χ2n) is 4.80. The Balaban J connectivity index is 2.75. The van der Waals surface area contributed by atoms with Crippen molar-refractivity contribution in [3.8, 4) is 0 Å². The van der Waals surface area contributed by atoms with Crippen LogP contribution in [-0.2, 0) is 5.41 Å². The van der Waals surface area contributed by atoms with E-state index in [0.29, 0.717) is 0 Å². The molecule has 1 nitrogen and oxygen atoms in total. The highest BCUT2D eigenvalue weighted by atomic mass is 16.3. The molecule has 0 amide bonds. The summed E-state index contributed by atoms with van der Waals surface area (Å²) in [7, 11) is 0. The average molecular weight is 188 g/mol. The molecule has 0 aliphatic carbocycles. The van der Waals surface area contributed by atoms with E-state index in [9.17, 15) is 0 Å². The molecular formula is C13H16O. The van der Waals surface area contributed by atoms with E-state index in [2.05, 4.69) is 39.8 Å². The maximum absolute atomic E-state index is 5.86. The summed E-state index contributed by atoms with van der Waals surface area (Å²) < 4.78 is 5.86. The summed E-state index contributed by atoms with van der Waals surface area (Å²) >= 11 is 0. The second-order valence-corrected chi connectivity index (χ2v) is 4.80. The molecule has 2 aromatic rings.